The number of hydrogen-bond donors (Lipinski definition) is 12. The second kappa shape index (κ2) is 28.3. The number of nitrogens with one attached hydrogen (secondary N) is 8. The standard InChI is InChI=1S/C56H70N10O10S2/c1-32(2)46(55(75)76)65-53(73)45-31-77-78-56(3,4)47(66-48(68)39(58)26-33-14-7-5-8-15-33)54(74)63-43(27-34-16-9-6-10-17-34)50(70)62-44(29-36-30-59-40-19-12-11-18-38(36)40)52(72)60-41(20-13-25-57)49(69)61-42(51(71)64-45)28-35-21-23-37(67)24-22-35/h5-12,14-19,21-24,30,32,39,41-47,59,67H,13,20,25-29,31,57-58H2,1-4H3,(H,60,72)(H,61,69)(H,62,70)(H,63,74)(H,64,71)(H,65,73)(H,66,68)(H,75,76)/t39-,41-,42-,43-,44+,45-,46-,47+/m0/s1. The molecule has 7 amide bonds. The topological polar surface area (TPSA) is 329 Å². The van der Waals surface area contributed by atoms with Gasteiger partial charge in [-0.25, -0.2) is 4.79 Å². The monoisotopic (exact) mass is 1110 g/mol. The fraction of sp³-hybridized carbons (Fsp3) is 0.393. The summed E-state index contributed by atoms with van der Waals surface area (Å²) in [5.41, 5.74) is 15.7. The number of benzene rings is 4. The minimum absolute atomic E-state index is 0.00929. The maximum atomic E-state index is 15.1. The van der Waals surface area contributed by atoms with Crippen molar-refractivity contribution in [3.8, 4) is 5.75 Å². The van der Waals surface area contributed by atoms with E-state index in [9.17, 15) is 43.8 Å². The number of hydrogen-bond acceptors (Lipinski definition) is 13. The zero-order valence-corrected chi connectivity index (χ0v) is 45.6. The summed E-state index contributed by atoms with van der Waals surface area (Å²) in [6, 6.07) is 20.3. The van der Waals surface area contributed by atoms with Crippen LogP contribution in [0, 0.1) is 5.92 Å². The van der Waals surface area contributed by atoms with E-state index in [4.69, 9.17) is 11.5 Å². The van der Waals surface area contributed by atoms with E-state index < -0.39 is 106 Å². The van der Waals surface area contributed by atoms with Crippen molar-refractivity contribution in [1.82, 2.24) is 42.2 Å². The molecule has 6 rings (SSSR count). The van der Waals surface area contributed by atoms with Crippen molar-refractivity contribution >= 4 is 79.8 Å². The Morgan fingerprint density at radius 1 is 0.692 bits per heavy atom. The average Bonchev–Trinajstić information content (AvgIpc) is 3.82. The minimum Gasteiger partial charge on any atom is -0.508 e. The van der Waals surface area contributed by atoms with E-state index in [1.165, 1.54) is 12.1 Å². The molecule has 1 saturated heterocycles. The molecule has 0 radical (unpaired) electrons. The predicted molar refractivity (Wildman–Crippen MR) is 300 cm³/mol. The lowest BCUT2D eigenvalue weighted by Crippen LogP contribution is -2.63. The van der Waals surface area contributed by atoms with Gasteiger partial charge in [0, 0.05) is 46.9 Å². The predicted octanol–water partition coefficient (Wildman–Crippen LogP) is 2.52. The Morgan fingerprint density at radius 3 is 1.82 bits per heavy atom. The summed E-state index contributed by atoms with van der Waals surface area (Å²) in [6.45, 7) is 6.64. The van der Waals surface area contributed by atoms with Crippen LogP contribution >= 0.6 is 21.6 Å². The first-order valence-electron chi connectivity index (χ1n) is 25.7. The molecule has 14 N–H and O–H groups in total. The fourth-order valence-corrected chi connectivity index (χ4v) is 11.6. The number of fused-ring (bicyclic) bond motifs is 1. The first kappa shape index (κ1) is 59.8. The Morgan fingerprint density at radius 2 is 1.22 bits per heavy atom. The van der Waals surface area contributed by atoms with Crippen LogP contribution in [0.25, 0.3) is 10.9 Å². The highest BCUT2D eigenvalue weighted by molar-refractivity contribution is 8.77. The van der Waals surface area contributed by atoms with E-state index in [2.05, 4.69) is 42.2 Å². The Kier molecular flexibility index (Phi) is 21.7. The van der Waals surface area contributed by atoms with Gasteiger partial charge in [-0.2, -0.15) is 0 Å². The molecule has 0 saturated carbocycles. The Balaban J connectivity index is 1.46. The summed E-state index contributed by atoms with van der Waals surface area (Å²) in [4.78, 5) is 118. The molecule has 2 heterocycles. The van der Waals surface area contributed by atoms with E-state index in [0.29, 0.717) is 16.7 Å². The van der Waals surface area contributed by atoms with Crippen molar-refractivity contribution in [2.45, 2.75) is 119 Å². The zero-order chi connectivity index (χ0) is 56.5. The number of nitrogens with two attached hydrogens (primary N) is 2. The van der Waals surface area contributed by atoms with Crippen molar-refractivity contribution in [1.29, 1.82) is 0 Å². The SMILES string of the molecule is CC(C)[C@H](NC(=O)[C@@H]1CSSC(C)(C)[C@H](NC(=O)[C@@H](N)Cc2ccccc2)C(=O)N[C@@H](Cc2ccccc2)C(=O)N[C@H](Cc2c[nH]c3ccccc23)C(=O)N[C@@H](CCCN)C(=O)N[C@@H](Cc2ccc(O)cc2)C(=O)N1)C(=O)O. The number of phenols is 1. The van der Waals surface area contributed by atoms with Gasteiger partial charge in [0.2, 0.25) is 41.4 Å². The smallest absolute Gasteiger partial charge is 0.326 e. The van der Waals surface area contributed by atoms with Crippen LogP contribution in [-0.2, 0) is 64.0 Å². The normalized spacial score (nSPS) is 21.7. The van der Waals surface area contributed by atoms with E-state index in [0.717, 1.165) is 38.1 Å². The van der Waals surface area contributed by atoms with Crippen LogP contribution in [0.3, 0.4) is 0 Å². The van der Waals surface area contributed by atoms with Crippen molar-refractivity contribution in [3.63, 3.8) is 0 Å². The number of rotatable bonds is 17. The molecule has 5 aromatic rings. The van der Waals surface area contributed by atoms with E-state index in [1.807, 2.05) is 42.5 Å². The van der Waals surface area contributed by atoms with Crippen LogP contribution in [-0.4, -0.2) is 128 Å². The number of para-hydroxylation sites is 1. The zero-order valence-electron chi connectivity index (χ0n) is 44.0. The Labute approximate surface area is 460 Å². The van der Waals surface area contributed by atoms with Crippen LogP contribution < -0.4 is 48.7 Å². The van der Waals surface area contributed by atoms with Gasteiger partial charge in [0.1, 0.15) is 48.0 Å². The summed E-state index contributed by atoms with van der Waals surface area (Å²) in [6.07, 6.45) is 1.73. The van der Waals surface area contributed by atoms with Crippen LogP contribution in [0.1, 0.15) is 62.8 Å². The number of amides is 7. The van der Waals surface area contributed by atoms with Crippen molar-refractivity contribution in [2.24, 2.45) is 17.4 Å². The molecule has 0 unspecified atom stereocenters. The lowest BCUT2D eigenvalue weighted by Gasteiger charge is -2.35. The molecule has 20 nitrogen and oxygen atoms in total. The van der Waals surface area contributed by atoms with Gasteiger partial charge in [0.15, 0.2) is 0 Å². The molecular formula is C56H70N10O10S2. The maximum absolute atomic E-state index is 15.1. The van der Waals surface area contributed by atoms with E-state index >= 15 is 4.79 Å². The number of aromatic amines is 1. The summed E-state index contributed by atoms with van der Waals surface area (Å²) >= 11 is 0. The van der Waals surface area contributed by atoms with Gasteiger partial charge in [0.25, 0.3) is 0 Å². The quantitative estimate of drug-likeness (QED) is 0.0596. The number of aliphatic carboxylic acids is 1. The average molecular weight is 1110 g/mol. The molecule has 416 valence electrons. The summed E-state index contributed by atoms with van der Waals surface area (Å²) < 4.78 is -1.30. The third-order valence-electron chi connectivity index (χ3n) is 13.2. The van der Waals surface area contributed by atoms with Crippen molar-refractivity contribution < 1.29 is 48.6 Å². The summed E-state index contributed by atoms with van der Waals surface area (Å²) in [5.74, 6) is -7.76. The Hall–Kier alpha value is -7.40. The molecular weight excluding hydrogens is 1040 g/mol. The van der Waals surface area contributed by atoms with Crippen LogP contribution in [0.5, 0.6) is 5.75 Å². The third kappa shape index (κ3) is 17.0. The van der Waals surface area contributed by atoms with Crippen LogP contribution in [0.15, 0.2) is 115 Å². The molecule has 1 aromatic heterocycles. The molecule has 0 bridgehead atoms. The summed E-state index contributed by atoms with van der Waals surface area (Å²) in [7, 11) is 2.10. The van der Waals surface area contributed by atoms with Gasteiger partial charge < -0.3 is 63.9 Å². The van der Waals surface area contributed by atoms with E-state index in [-0.39, 0.29) is 56.6 Å². The van der Waals surface area contributed by atoms with Crippen LogP contribution in [0.2, 0.25) is 0 Å². The van der Waals surface area contributed by atoms with Crippen molar-refractivity contribution in [3.05, 3.63) is 138 Å². The highest BCUT2D eigenvalue weighted by atomic mass is 33.1. The first-order chi connectivity index (χ1) is 37.2. The molecule has 8 atom stereocenters. The highest BCUT2D eigenvalue weighted by Crippen LogP contribution is 2.39. The number of phenolic OH excluding ortho intramolecular Hbond substituents is 1. The fourth-order valence-electron chi connectivity index (χ4n) is 8.82. The number of carboxylic acids is 1. The van der Waals surface area contributed by atoms with Gasteiger partial charge in [-0.05, 0) is 86.0 Å². The highest BCUT2D eigenvalue weighted by Gasteiger charge is 2.42. The van der Waals surface area contributed by atoms with Crippen molar-refractivity contribution in [2.75, 3.05) is 12.3 Å². The maximum Gasteiger partial charge on any atom is 0.326 e. The molecule has 22 heteroatoms. The van der Waals surface area contributed by atoms with Gasteiger partial charge in [-0.3, -0.25) is 33.6 Å². The van der Waals surface area contributed by atoms with Gasteiger partial charge in [0.05, 0.1) is 6.04 Å². The van der Waals surface area contributed by atoms with Gasteiger partial charge in [-0.1, -0.05) is 126 Å². The number of carbonyl (C=O) groups excluding carboxylic acids is 7. The molecule has 0 spiro atoms. The largest absolute Gasteiger partial charge is 0.508 e. The Bertz CT molecular complexity index is 2870. The number of aromatic nitrogens is 1. The molecule has 1 fully saturated rings. The number of carbonyl (C=O) groups is 8. The van der Waals surface area contributed by atoms with Gasteiger partial charge >= 0.3 is 5.97 Å². The second-order valence-electron chi connectivity index (χ2n) is 20.1. The number of aromatic hydroxyl groups is 1. The van der Waals surface area contributed by atoms with Gasteiger partial charge in [-0.15, -0.1) is 0 Å². The molecule has 1 aliphatic heterocycles. The molecule has 78 heavy (non-hydrogen) atoms. The molecule has 1 aliphatic rings. The van der Waals surface area contributed by atoms with E-state index in [1.54, 1.807) is 88.5 Å². The molecule has 0 aliphatic carbocycles. The molecule has 4 aromatic carbocycles. The number of H-pyrrole nitrogens is 1. The summed E-state index contributed by atoms with van der Waals surface area (Å²) in [5, 5.41) is 40.3. The number of carboxylic acid groups (broad SMARTS) is 1. The first-order valence-corrected chi connectivity index (χ1v) is 28.1. The second-order valence-corrected chi connectivity index (χ2v) is 23.1. The lowest BCUT2D eigenvalue weighted by atomic mass is 9.98. The van der Waals surface area contributed by atoms with Crippen LogP contribution in [0.4, 0.5) is 0 Å². The third-order valence-corrected chi connectivity index (χ3v) is 16.5. The lowest BCUT2D eigenvalue weighted by molar-refractivity contribution is -0.143. The minimum atomic E-state index is -1.46.